The van der Waals surface area contributed by atoms with Crippen LogP contribution in [-0.2, 0) is 16.1 Å². The number of rotatable bonds is 13. The molecule has 8 heteroatoms. The third kappa shape index (κ3) is 9.21. The summed E-state index contributed by atoms with van der Waals surface area (Å²) in [5.74, 6) is -1.02. The third-order valence-corrected chi connectivity index (χ3v) is 7.02. The van der Waals surface area contributed by atoms with Gasteiger partial charge in [0.1, 0.15) is 12.1 Å². The van der Waals surface area contributed by atoms with Crippen molar-refractivity contribution in [3.05, 3.63) is 60.2 Å². The molecule has 1 aliphatic rings. The van der Waals surface area contributed by atoms with E-state index in [0.29, 0.717) is 38.3 Å². The Hall–Kier alpha value is -3.39. The molecule has 8 nitrogen and oxygen atoms in total. The summed E-state index contributed by atoms with van der Waals surface area (Å²) in [4.78, 5) is 37.7. The van der Waals surface area contributed by atoms with Crippen LogP contribution >= 0.6 is 0 Å². The minimum Gasteiger partial charge on any atom is -0.480 e. The Labute approximate surface area is 219 Å². The Morgan fingerprint density at radius 2 is 1.57 bits per heavy atom. The molecule has 0 unspecified atom stereocenters. The number of urea groups is 1. The van der Waals surface area contributed by atoms with Crippen LogP contribution < -0.4 is 21.7 Å². The van der Waals surface area contributed by atoms with Crippen LogP contribution in [0.4, 0.5) is 4.79 Å². The molecule has 2 aromatic rings. The minimum absolute atomic E-state index is 0.265. The second-order valence-corrected chi connectivity index (χ2v) is 9.83. The summed E-state index contributed by atoms with van der Waals surface area (Å²) in [5.41, 5.74) is 8.59. The Kier molecular flexibility index (Phi) is 11.4. The number of carbonyl (C=O) groups excluding carboxylic acids is 2. The minimum atomic E-state index is -1.10. The molecule has 2 aromatic carbocycles. The number of nitrogens with one attached hydrogen (secondary N) is 3. The van der Waals surface area contributed by atoms with Gasteiger partial charge in [0.15, 0.2) is 0 Å². The molecule has 37 heavy (non-hydrogen) atoms. The van der Waals surface area contributed by atoms with Gasteiger partial charge in [-0.2, -0.15) is 0 Å². The third-order valence-electron chi connectivity index (χ3n) is 7.02. The van der Waals surface area contributed by atoms with Crippen LogP contribution in [0.25, 0.3) is 11.1 Å². The van der Waals surface area contributed by atoms with Crippen LogP contribution in [0.15, 0.2) is 54.6 Å². The monoisotopic (exact) mass is 508 g/mol. The standard InChI is InChI=1S/C29H40N4O4/c30-18-10-9-17-25(28(35)36)32-29(37)33-26(19-21-11-3-1-4-12-21)27(34)31-20-23-15-7-8-16-24(23)22-13-5-2-6-14-22/h2,5-8,13-16,21,25-26H,1,3-4,9-12,17-20,30H2,(H,31,34)(H,35,36)(H2,32,33,37)/t25-,26+/m0/s1. The molecular formula is C29H40N4O4. The largest absolute Gasteiger partial charge is 0.480 e. The number of benzene rings is 2. The summed E-state index contributed by atoms with van der Waals surface area (Å²) in [5, 5.41) is 17.8. The van der Waals surface area contributed by atoms with Gasteiger partial charge in [0.05, 0.1) is 0 Å². The van der Waals surface area contributed by atoms with Gasteiger partial charge in [-0.1, -0.05) is 86.7 Å². The van der Waals surface area contributed by atoms with E-state index in [9.17, 15) is 19.5 Å². The summed E-state index contributed by atoms with van der Waals surface area (Å²) in [7, 11) is 0. The van der Waals surface area contributed by atoms with E-state index in [1.807, 2.05) is 54.6 Å². The molecule has 1 saturated carbocycles. The molecule has 3 amide bonds. The van der Waals surface area contributed by atoms with Crippen molar-refractivity contribution in [2.24, 2.45) is 11.7 Å². The topological polar surface area (TPSA) is 134 Å². The Morgan fingerprint density at radius 3 is 2.27 bits per heavy atom. The highest BCUT2D eigenvalue weighted by Gasteiger charge is 2.28. The van der Waals surface area contributed by atoms with Crippen LogP contribution in [0.1, 0.15) is 63.4 Å². The van der Waals surface area contributed by atoms with Crippen molar-refractivity contribution in [1.29, 1.82) is 0 Å². The number of hydrogen-bond acceptors (Lipinski definition) is 4. The second kappa shape index (κ2) is 15.0. The Morgan fingerprint density at radius 1 is 0.892 bits per heavy atom. The van der Waals surface area contributed by atoms with E-state index in [1.165, 1.54) is 6.42 Å². The number of unbranched alkanes of at least 4 members (excludes halogenated alkanes) is 1. The summed E-state index contributed by atoms with van der Waals surface area (Å²) in [6, 6.07) is 15.5. The average Bonchev–Trinajstić information content (AvgIpc) is 2.92. The number of aliphatic carboxylic acids is 1. The van der Waals surface area contributed by atoms with E-state index in [1.54, 1.807) is 0 Å². The molecule has 0 aromatic heterocycles. The van der Waals surface area contributed by atoms with Crippen molar-refractivity contribution in [2.45, 2.75) is 76.4 Å². The molecule has 1 fully saturated rings. The van der Waals surface area contributed by atoms with Gasteiger partial charge in [0.25, 0.3) is 0 Å². The lowest BCUT2D eigenvalue weighted by atomic mass is 9.84. The zero-order valence-corrected chi connectivity index (χ0v) is 21.5. The van der Waals surface area contributed by atoms with Gasteiger partial charge in [-0.05, 0) is 54.8 Å². The molecule has 0 spiro atoms. The zero-order chi connectivity index (χ0) is 26.5. The van der Waals surface area contributed by atoms with Crippen molar-refractivity contribution < 1.29 is 19.5 Å². The van der Waals surface area contributed by atoms with Crippen LogP contribution in [0.2, 0.25) is 0 Å². The van der Waals surface area contributed by atoms with E-state index < -0.39 is 24.1 Å². The lowest BCUT2D eigenvalue weighted by Crippen LogP contribution is -2.53. The maximum absolute atomic E-state index is 13.3. The summed E-state index contributed by atoms with van der Waals surface area (Å²) in [6.07, 6.45) is 7.60. The van der Waals surface area contributed by atoms with E-state index in [0.717, 1.165) is 42.4 Å². The van der Waals surface area contributed by atoms with Gasteiger partial charge in [0.2, 0.25) is 5.91 Å². The molecule has 0 bridgehead atoms. The quantitative estimate of drug-likeness (QED) is 0.259. The molecule has 1 aliphatic carbocycles. The molecule has 2 atom stereocenters. The fourth-order valence-corrected chi connectivity index (χ4v) is 4.98. The predicted molar refractivity (Wildman–Crippen MR) is 145 cm³/mol. The van der Waals surface area contributed by atoms with Gasteiger partial charge < -0.3 is 26.8 Å². The molecule has 0 aliphatic heterocycles. The normalized spacial score (nSPS) is 15.4. The van der Waals surface area contributed by atoms with Crippen molar-refractivity contribution in [3.8, 4) is 11.1 Å². The van der Waals surface area contributed by atoms with E-state index in [-0.39, 0.29) is 12.3 Å². The molecule has 0 saturated heterocycles. The van der Waals surface area contributed by atoms with Crippen molar-refractivity contribution in [1.82, 2.24) is 16.0 Å². The summed E-state index contributed by atoms with van der Waals surface area (Å²) < 4.78 is 0. The van der Waals surface area contributed by atoms with E-state index >= 15 is 0 Å². The fourth-order valence-electron chi connectivity index (χ4n) is 4.98. The van der Waals surface area contributed by atoms with Crippen molar-refractivity contribution in [2.75, 3.05) is 6.54 Å². The summed E-state index contributed by atoms with van der Waals surface area (Å²) >= 11 is 0. The lowest BCUT2D eigenvalue weighted by Gasteiger charge is -2.27. The SMILES string of the molecule is NCCCC[C@H](NC(=O)N[C@H](CC1CCCCC1)C(=O)NCc1ccccc1-c1ccccc1)C(=O)O. The summed E-state index contributed by atoms with van der Waals surface area (Å²) in [6.45, 7) is 0.792. The molecule has 6 N–H and O–H groups in total. The van der Waals surface area contributed by atoms with Crippen LogP contribution in [-0.4, -0.2) is 41.6 Å². The Balaban J connectivity index is 1.66. The van der Waals surface area contributed by atoms with Crippen molar-refractivity contribution in [3.63, 3.8) is 0 Å². The van der Waals surface area contributed by atoms with Gasteiger partial charge in [-0.15, -0.1) is 0 Å². The van der Waals surface area contributed by atoms with Crippen LogP contribution in [0, 0.1) is 5.92 Å². The number of amides is 3. The van der Waals surface area contributed by atoms with Crippen LogP contribution in [0.5, 0.6) is 0 Å². The number of carbonyl (C=O) groups is 3. The molecule has 200 valence electrons. The van der Waals surface area contributed by atoms with Crippen molar-refractivity contribution >= 4 is 17.9 Å². The maximum Gasteiger partial charge on any atom is 0.326 e. The molecule has 3 rings (SSSR count). The van der Waals surface area contributed by atoms with Gasteiger partial charge in [-0.3, -0.25) is 4.79 Å². The van der Waals surface area contributed by atoms with E-state index in [4.69, 9.17) is 5.73 Å². The predicted octanol–water partition coefficient (Wildman–Crippen LogP) is 4.19. The molecular weight excluding hydrogens is 468 g/mol. The fraction of sp³-hybridized carbons (Fsp3) is 0.483. The molecule has 0 heterocycles. The first kappa shape index (κ1) is 28.2. The zero-order valence-electron chi connectivity index (χ0n) is 21.5. The van der Waals surface area contributed by atoms with Gasteiger partial charge in [0, 0.05) is 6.54 Å². The first-order valence-electron chi connectivity index (χ1n) is 13.4. The molecule has 0 radical (unpaired) electrons. The lowest BCUT2D eigenvalue weighted by molar-refractivity contribution is -0.139. The Bertz CT molecular complexity index is 1010. The number of carboxylic acids is 1. The highest BCUT2D eigenvalue weighted by Crippen LogP contribution is 2.28. The van der Waals surface area contributed by atoms with E-state index in [2.05, 4.69) is 16.0 Å². The highest BCUT2D eigenvalue weighted by atomic mass is 16.4. The number of hydrogen-bond donors (Lipinski definition) is 5. The van der Waals surface area contributed by atoms with Crippen LogP contribution in [0.3, 0.4) is 0 Å². The van der Waals surface area contributed by atoms with Gasteiger partial charge >= 0.3 is 12.0 Å². The average molecular weight is 509 g/mol. The smallest absolute Gasteiger partial charge is 0.326 e. The highest BCUT2D eigenvalue weighted by molar-refractivity contribution is 5.89. The number of carboxylic acid groups (broad SMARTS) is 1. The maximum atomic E-state index is 13.3. The number of nitrogens with two attached hydrogens (primary N) is 1. The van der Waals surface area contributed by atoms with Gasteiger partial charge in [-0.25, -0.2) is 9.59 Å². The first-order valence-corrected chi connectivity index (χ1v) is 13.4. The second-order valence-electron chi connectivity index (χ2n) is 9.83. The first-order chi connectivity index (χ1) is 18.0.